The minimum atomic E-state index is -0.260. The summed E-state index contributed by atoms with van der Waals surface area (Å²) in [5.41, 5.74) is -0.260. The Balaban J connectivity index is 2.27. The molecule has 15 heavy (non-hydrogen) atoms. The Hall–Kier alpha value is -0.570. The van der Waals surface area contributed by atoms with E-state index in [1.807, 2.05) is 4.90 Å². The molecule has 0 bridgehead atoms. The molecule has 0 aromatic heterocycles. The fourth-order valence-corrected chi connectivity index (χ4v) is 2.87. The lowest BCUT2D eigenvalue weighted by Gasteiger charge is -2.43. The SMILES string of the molecule is CCC12CCCC(=O)N1C(C(C)C)CO2. The first-order valence-electron chi connectivity index (χ1n) is 6.07. The largest absolute Gasteiger partial charge is 0.353 e. The van der Waals surface area contributed by atoms with E-state index in [1.165, 1.54) is 0 Å². The smallest absolute Gasteiger partial charge is 0.225 e. The minimum absolute atomic E-state index is 0.260. The zero-order chi connectivity index (χ0) is 11.1. The highest BCUT2D eigenvalue weighted by atomic mass is 16.5. The van der Waals surface area contributed by atoms with Gasteiger partial charge in [0, 0.05) is 6.42 Å². The fraction of sp³-hybridized carbons (Fsp3) is 0.917. The van der Waals surface area contributed by atoms with Gasteiger partial charge in [-0.25, -0.2) is 0 Å². The number of rotatable bonds is 2. The van der Waals surface area contributed by atoms with Crippen molar-refractivity contribution in [1.29, 1.82) is 0 Å². The van der Waals surface area contributed by atoms with Crippen molar-refractivity contribution < 1.29 is 9.53 Å². The zero-order valence-corrected chi connectivity index (χ0v) is 9.95. The van der Waals surface area contributed by atoms with Crippen LogP contribution in [0.2, 0.25) is 0 Å². The van der Waals surface area contributed by atoms with E-state index in [0.29, 0.717) is 18.2 Å². The van der Waals surface area contributed by atoms with Crippen LogP contribution in [0.4, 0.5) is 0 Å². The van der Waals surface area contributed by atoms with Crippen LogP contribution in [0.5, 0.6) is 0 Å². The monoisotopic (exact) mass is 211 g/mol. The van der Waals surface area contributed by atoms with Gasteiger partial charge in [0.1, 0.15) is 5.72 Å². The summed E-state index contributed by atoms with van der Waals surface area (Å²) in [5.74, 6) is 0.778. The molecule has 2 rings (SSSR count). The molecule has 2 unspecified atom stereocenters. The van der Waals surface area contributed by atoms with Gasteiger partial charge in [0.2, 0.25) is 5.91 Å². The predicted molar refractivity (Wildman–Crippen MR) is 58.3 cm³/mol. The lowest BCUT2D eigenvalue weighted by molar-refractivity contribution is -0.162. The second-order valence-corrected chi connectivity index (χ2v) is 5.04. The number of hydrogen-bond donors (Lipinski definition) is 0. The second kappa shape index (κ2) is 3.78. The maximum absolute atomic E-state index is 12.0. The molecular formula is C12H21NO2. The molecule has 3 heteroatoms. The van der Waals surface area contributed by atoms with Crippen molar-refractivity contribution in [2.24, 2.45) is 5.92 Å². The van der Waals surface area contributed by atoms with Crippen LogP contribution in [0.25, 0.3) is 0 Å². The number of hydrogen-bond acceptors (Lipinski definition) is 2. The maximum Gasteiger partial charge on any atom is 0.225 e. The summed E-state index contributed by atoms with van der Waals surface area (Å²) in [4.78, 5) is 14.0. The van der Waals surface area contributed by atoms with Gasteiger partial charge in [-0.2, -0.15) is 0 Å². The topological polar surface area (TPSA) is 29.5 Å². The van der Waals surface area contributed by atoms with Crippen LogP contribution < -0.4 is 0 Å². The molecule has 86 valence electrons. The van der Waals surface area contributed by atoms with Crippen molar-refractivity contribution in [3.05, 3.63) is 0 Å². The Labute approximate surface area is 91.8 Å². The first-order valence-corrected chi connectivity index (χ1v) is 6.07. The average molecular weight is 211 g/mol. The third-order valence-electron chi connectivity index (χ3n) is 3.84. The Morgan fingerprint density at radius 3 is 2.93 bits per heavy atom. The van der Waals surface area contributed by atoms with Crippen molar-refractivity contribution >= 4 is 5.91 Å². The van der Waals surface area contributed by atoms with Gasteiger partial charge in [-0.15, -0.1) is 0 Å². The van der Waals surface area contributed by atoms with Gasteiger partial charge in [-0.05, 0) is 25.2 Å². The third kappa shape index (κ3) is 1.57. The lowest BCUT2D eigenvalue weighted by Crippen LogP contribution is -2.54. The van der Waals surface area contributed by atoms with Crippen molar-refractivity contribution in [2.75, 3.05) is 6.61 Å². The third-order valence-corrected chi connectivity index (χ3v) is 3.84. The van der Waals surface area contributed by atoms with Gasteiger partial charge in [-0.1, -0.05) is 20.8 Å². The summed E-state index contributed by atoms with van der Waals surface area (Å²) >= 11 is 0. The van der Waals surface area contributed by atoms with E-state index in [1.54, 1.807) is 0 Å². The van der Waals surface area contributed by atoms with Crippen LogP contribution in [-0.2, 0) is 9.53 Å². The standard InChI is InChI=1S/C12H21NO2/c1-4-12-7-5-6-11(14)13(12)10(8-15-12)9(2)3/h9-10H,4-8H2,1-3H3. The highest BCUT2D eigenvalue weighted by Crippen LogP contribution is 2.41. The van der Waals surface area contributed by atoms with Gasteiger partial charge < -0.3 is 9.64 Å². The van der Waals surface area contributed by atoms with Gasteiger partial charge >= 0.3 is 0 Å². The molecule has 0 aromatic carbocycles. The van der Waals surface area contributed by atoms with Gasteiger partial charge in [0.25, 0.3) is 0 Å². The van der Waals surface area contributed by atoms with Gasteiger partial charge in [0.15, 0.2) is 0 Å². The summed E-state index contributed by atoms with van der Waals surface area (Å²) < 4.78 is 5.94. The van der Waals surface area contributed by atoms with Crippen LogP contribution in [-0.4, -0.2) is 29.2 Å². The molecule has 0 aromatic rings. The highest BCUT2D eigenvalue weighted by molar-refractivity contribution is 5.78. The van der Waals surface area contributed by atoms with Crippen molar-refractivity contribution in [1.82, 2.24) is 4.90 Å². The van der Waals surface area contributed by atoms with E-state index in [9.17, 15) is 4.79 Å². The molecule has 2 heterocycles. The zero-order valence-electron chi connectivity index (χ0n) is 9.95. The van der Waals surface area contributed by atoms with Crippen LogP contribution in [0.1, 0.15) is 46.5 Å². The Bertz CT molecular complexity index is 264. The van der Waals surface area contributed by atoms with E-state index < -0.39 is 0 Å². The number of nitrogens with zero attached hydrogens (tertiary/aromatic N) is 1. The Morgan fingerprint density at radius 1 is 1.60 bits per heavy atom. The van der Waals surface area contributed by atoms with E-state index in [0.717, 1.165) is 25.9 Å². The summed E-state index contributed by atoms with van der Waals surface area (Å²) in [6.45, 7) is 7.18. The molecule has 2 aliphatic rings. The number of piperidine rings is 1. The summed E-state index contributed by atoms with van der Waals surface area (Å²) in [6, 6.07) is 0.290. The number of fused-ring (bicyclic) bond motifs is 1. The number of amides is 1. The van der Waals surface area contributed by atoms with Gasteiger partial charge in [-0.3, -0.25) is 4.79 Å². The lowest BCUT2D eigenvalue weighted by atomic mass is 9.92. The number of carbonyl (C=O) groups is 1. The summed E-state index contributed by atoms with van der Waals surface area (Å²) in [7, 11) is 0. The Kier molecular flexibility index (Phi) is 2.75. The molecule has 0 saturated carbocycles. The molecule has 0 radical (unpaired) electrons. The molecule has 0 N–H and O–H groups in total. The van der Waals surface area contributed by atoms with E-state index in [-0.39, 0.29) is 11.8 Å². The van der Waals surface area contributed by atoms with Crippen molar-refractivity contribution in [3.8, 4) is 0 Å². The normalized spacial score (nSPS) is 36.1. The first kappa shape index (κ1) is 10.9. The molecule has 0 spiro atoms. The molecule has 2 saturated heterocycles. The maximum atomic E-state index is 12.0. The first-order chi connectivity index (χ1) is 7.10. The van der Waals surface area contributed by atoms with Crippen molar-refractivity contribution in [3.63, 3.8) is 0 Å². The van der Waals surface area contributed by atoms with Crippen molar-refractivity contribution in [2.45, 2.75) is 58.2 Å². The molecule has 2 aliphatic heterocycles. The van der Waals surface area contributed by atoms with Gasteiger partial charge in [0.05, 0.1) is 12.6 Å². The highest BCUT2D eigenvalue weighted by Gasteiger charge is 2.51. The fourth-order valence-electron chi connectivity index (χ4n) is 2.87. The van der Waals surface area contributed by atoms with E-state index in [4.69, 9.17) is 4.74 Å². The summed E-state index contributed by atoms with van der Waals surface area (Å²) in [5, 5.41) is 0. The van der Waals surface area contributed by atoms with Crippen LogP contribution in [0.3, 0.4) is 0 Å². The van der Waals surface area contributed by atoms with E-state index >= 15 is 0 Å². The number of ether oxygens (including phenoxy) is 1. The van der Waals surface area contributed by atoms with Crippen LogP contribution in [0, 0.1) is 5.92 Å². The number of carbonyl (C=O) groups excluding carboxylic acids is 1. The molecule has 1 amide bonds. The summed E-state index contributed by atoms with van der Waals surface area (Å²) in [6.07, 6.45) is 3.61. The molecule has 2 fully saturated rings. The Morgan fingerprint density at radius 2 is 2.33 bits per heavy atom. The average Bonchev–Trinajstić information content (AvgIpc) is 2.59. The van der Waals surface area contributed by atoms with E-state index in [2.05, 4.69) is 20.8 Å². The predicted octanol–water partition coefficient (Wildman–Crippen LogP) is 2.16. The molecule has 3 nitrogen and oxygen atoms in total. The molecule has 0 aliphatic carbocycles. The van der Waals surface area contributed by atoms with Crippen LogP contribution >= 0.6 is 0 Å². The minimum Gasteiger partial charge on any atom is -0.353 e. The van der Waals surface area contributed by atoms with Crippen LogP contribution in [0.15, 0.2) is 0 Å². The molecular weight excluding hydrogens is 190 g/mol. The molecule has 2 atom stereocenters. The quantitative estimate of drug-likeness (QED) is 0.700. The second-order valence-electron chi connectivity index (χ2n) is 5.04.